The summed E-state index contributed by atoms with van der Waals surface area (Å²) < 4.78 is 14.0. The number of nitrogens with one attached hydrogen (secondary N) is 1. The van der Waals surface area contributed by atoms with E-state index in [1.807, 2.05) is 0 Å². The summed E-state index contributed by atoms with van der Waals surface area (Å²) in [7, 11) is 0. The second-order valence-corrected chi connectivity index (χ2v) is 7.54. The van der Waals surface area contributed by atoms with Gasteiger partial charge in [0.2, 0.25) is 0 Å². The van der Waals surface area contributed by atoms with Gasteiger partial charge >= 0.3 is 0 Å². The molecule has 1 aliphatic carbocycles. The Balaban J connectivity index is 1.73. The van der Waals surface area contributed by atoms with E-state index in [-0.39, 0.29) is 5.82 Å². The molecule has 0 saturated heterocycles. The van der Waals surface area contributed by atoms with Gasteiger partial charge in [-0.25, -0.2) is 9.37 Å². The molecule has 0 aliphatic heterocycles. The van der Waals surface area contributed by atoms with Crippen molar-refractivity contribution >= 4 is 26.7 Å². The average Bonchev–Trinajstić information content (AvgIpc) is 2.63. The molecule has 102 valence electrons. The van der Waals surface area contributed by atoms with Gasteiger partial charge in [0.05, 0.1) is 10.2 Å². The zero-order chi connectivity index (χ0) is 13.8. The summed E-state index contributed by atoms with van der Waals surface area (Å²) in [6.45, 7) is 10.2. The Kier molecular flexibility index (Phi) is 2.65. The van der Waals surface area contributed by atoms with Crippen molar-refractivity contribution in [3.8, 4) is 0 Å². The van der Waals surface area contributed by atoms with Crippen molar-refractivity contribution in [2.75, 3.05) is 11.9 Å². The van der Waals surface area contributed by atoms with Crippen LogP contribution in [0.3, 0.4) is 0 Å². The lowest BCUT2D eigenvalue weighted by atomic mass is 10.0. The molecule has 1 aromatic carbocycles. The van der Waals surface area contributed by atoms with Gasteiger partial charge in [0.1, 0.15) is 5.82 Å². The van der Waals surface area contributed by atoms with Crippen LogP contribution in [-0.4, -0.2) is 11.5 Å². The predicted octanol–water partition coefficient (Wildman–Crippen LogP) is 4.53. The van der Waals surface area contributed by atoms with Crippen LogP contribution < -0.4 is 5.32 Å². The van der Waals surface area contributed by atoms with Gasteiger partial charge in [-0.2, -0.15) is 0 Å². The first-order valence-corrected chi connectivity index (χ1v) is 7.44. The van der Waals surface area contributed by atoms with Gasteiger partial charge in [0.15, 0.2) is 5.13 Å². The molecule has 0 radical (unpaired) electrons. The Hall–Kier alpha value is -1.16. The Morgan fingerprint density at radius 1 is 1.26 bits per heavy atom. The van der Waals surface area contributed by atoms with Crippen LogP contribution in [-0.2, 0) is 0 Å². The zero-order valence-electron chi connectivity index (χ0n) is 11.7. The standard InChI is InChI=1S/C15H19FN2S/c1-14(2)12(15(14,3)4)8-17-13-18-10-6-5-9(16)7-11(10)19-13/h5-7,12H,8H2,1-4H3,(H,17,18). The molecule has 2 nitrogen and oxygen atoms in total. The molecule has 0 atom stereocenters. The first kappa shape index (κ1) is 12.9. The van der Waals surface area contributed by atoms with Crippen molar-refractivity contribution in [3.05, 3.63) is 24.0 Å². The number of anilines is 1. The Bertz CT molecular complexity index is 616. The van der Waals surface area contributed by atoms with E-state index >= 15 is 0 Å². The number of nitrogens with zero attached hydrogens (tertiary/aromatic N) is 1. The summed E-state index contributed by atoms with van der Waals surface area (Å²) in [6.07, 6.45) is 0. The van der Waals surface area contributed by atoms with E-state index < -0.39 is 0 Å². The van der Waals surface area contributed by atoms with E-state index in [0.717, 1.165) is 21.9 Å². The van der Waals surface area contributed by atoms with Crippen molar-refractivity contribution in [2.45, 2.75) is 27.7 Å². The lowest BCUT2D eigenvalue weighted by Gasteiger charge is -2.04. The highest BCUT2D eigenvalue weighted by Gasteiger charge is 2.64. The molecule has 19 heavy (non-hydrogen) atoms. The number of hydrogen-bond acceptors (Lipinski definition) is 3. The molecule has 0 amide bonds. The highest BCUT2D eigenvalue weighted by Crippen LogP contribution is 2.68. The van der Waals surface area contributed by atoms with Gasteiger partial charge in [0.25, 0.3) is 0 Å². The third-order valence-corrected chi connectivity index (χ3v) is 6.10. The lowest BCUT2D eigenvalue weighted by molar-refractivity contribution is 0.457. The summed E-state index contributed by atoms with van der Waals surface area (Å²) >= 11 is 1.52. The van der Waals surface area contributed by atoms with Gasteiger partial charge in [-0.05, 0) is 34.9 Å². The number of thiazole rings is 1. The fourth-order valence-corrected chi connectivity index (χ4v) is 3.90. The molecule has 3 rings (SSSR count). The first-order chi connectivity index (χ1) is 8.82. The zero-order valence-corrected chi connectivity index (χ0v) is 12.6. The lowest BCUT2D eigenvalue weighted by Crippen LogP contribution is -2.07. The summed E-state index contributed by atoms with van der Waals surface area (Å²) in [5.74, 6) is 0.455. The first-order valence-electron chi connectivity index (χ1n) is 6.62. The number of rotatable bonds is 3. The maximum absolute atomic E-state index is 13.1. The molecule has 4 heteroatoms. The third-order valence-electron chi connectivity index (χ3n) is 5.13. The van der Waals surface area contributed by atoms with Crippen LogP contribution in [0.2, 0.25) is 0 Å². The van der Waals surface area contributed by atoms with E-state index in [4.69, 9.17) is 0 Å². The number of fused-ring (bicyclic) bond motifs is 1. The minimum absolute atomic E-state index is 0.202. The second-order valence-electron chi connectivity index (χ2n) is 6.51. The van der Waals surface area contributed by atoms with Crippen molar-refractivity contribution in [1.82, 2.24) is 4.98 Å². The fraction of sp³-hybridized carbons (Fsp3) is 0.533. The highest BCUT2D eigenvalue weighted by atomic mass is 32.1. The molecule has 0 spiro atoms. The van der Waals surface area contributed by atoms with Crippen LogP contribution in [0.15, 0.2) is 18.2 Å². The van der Waals surface area contributed by atoms with E-state index in [2.05, 4.69) is 38.0 Å². The summed E-state index contributed by atoms with van der Waals surface area (Å²) in [4.78, 5) is 4.49. The maximum atomic E-state index is 13.1. The number of aromatic nitrogens is 1. The van der Waals surface area contributed by atoms with Crippen LogP contribution in [0.4, 0.5) is 9.52 Å². The largest absolute Gasteiger partial charge is 0.361 e. The molecule has 1 aliphatic rings. The SMILES string of the molecule is CC1(C)C(CNc2nc3ccc(F)cc3s2)C1(C)C. The molecule has 2 aromatic rings. The molecule has 1 heterocycles. The van der Waals surface area contributed by atoms with Crippen LogP contribution in [0, 0.1) is 22.6 Å². The smallest absolute Gasteiger partial charge is 0.183 e. The van der Waals surface area contributed by atoms with E-state index in [1.54, 1.807) is 12.1 Å². The second kappa shape index (κ2) is 3.92. The fourth-order valence-electron chi connectivity index (χ4n) is 3.01. The van der Waals surface area contributed by atoms with Crippen LogP contribution >= 0.6 is 11.3 Å². The minimum atomic E-state index is -0.202. The highest BCUT2D eigenvalue weighted by molar-refractivity contribution is 7.22. The van der Waals surface area contributed by atoms with Crippen molar-refractivity contribution < 1.29 is 4.39 Å². The normalized spacial score (nSPS) is 20.7. The van der Waals surface area contributed by atoms with Gasteiger partial charge in [0, 0.05) is 6.54 Å². The summed E-state index contributed by atoms with van der Waals surface area (Å²) in [5.41, 5.74) is 1.62. The average molecular weight is 278 g/mol. The van der Waals surface area contributed by atoms with Gasteiger partial charge in [-0.15, -0.1) is 0 Å². The molecule has 1 saturated carbocycles. The minimum Gasteiger partial charge on any atom is -0.361 e. The van der Waals surface area contributed by atoms with E-state index in [1.165, 1.54) is 17.4 Å². The van der Waals surface area contributed by atoms with Gasteiger partial charge < -0.3 is 5.32 Å². The van der Waals surface area contributed by atoms with Crippen molar-refractivity contribution in [1.29, 1.82) is 0 Å². The van der Waals surface area contributed by atoms with Crippen LogP contribution in [0.5, 0.6) is 0 Å². The monoisotopic (exact) mass is 278 g/mol. The Morgan fingerprint density at radius 3 is 2.58 bits per heavy atom. The molecule has 1 N–H and O–H groups in total. The molecule has 1 aromatic heterocycles. The van der Waals surface area contributed by atoms with Crippen LogP contribution in [0.1, 0.15) is 27.7 Å². The van der Waals surface area contributed by atoms with Crippen LogP contribution in [0.25, 0.3) is 10.2 Å². The van der Waals surface area contributed by atoms with Gasteiger partial charge in [-0.1, -0.05) is 39.0 Å². The van der Waals surface area contributed by atoms with Crippen molar-refractivity contribution in [3.63, 3.8) is 0 Å². The van der Waals surface area contributed by atoms with Gasteiger partial charge in [-0.3, -0.25) is 0 Å². The molecular weight excluding hydrogens is 259 g/mol. The molecule has 0 unspecified atom stereocenters. The van der Waals surface area contributed by atoms with E-state index in [9.17, 15) is 4.39 Å². The predicted molar refractivity (Wildman–Crippen MR) is 79.1 cm³/mol. The molecule has 1 fully saturated rings. The maximum Gasteiger partial charge on any atom is 0.183 e. The van der Waals surface area contributed by atoms with Crippen molar-refractivity contribution in [2.24, 2.45) is 16.7 Å². The topological polar surface area (TPSA) is 24.9 Å². The molecule has 0 bridgehead atoms. The summed E-state index contributed by atoms with van der Waals surface area (Å²) in [5, 5.41) is 4.30. The Morgan fingerprint density at radius 2 is 1.95 bits per heavy atom. The quantitative estimate of drug-likeness (QED) is 0.892. The number of halogens is 1. The number of benzene rings is 1. The molecular formula is C15H19FN2S. The summed E-state index contributed by atoms with van der Waals surface area (Å²) in [6, 6.07) is 4.74. The van der Waals surface area contributed by atoms with E-state index in [0.29, 0.717) is 16.7 Å². The number of hydrogen-bond donors (Lipinski definition) is 1. The third kappa shape index (κ3) is 1.93. The Labute approximate surface area is 117 Å².